The van der Waals surface area contributed by atoms with Crippen LogP contribution in [0.5, 0.6) is 11.5 Å². The Morgan fingerprint density at radius 1 is 0.964 bits per heavy atom. The van der Waals surface area contributed by atoms with Gasteiger partial charge < -0.3 is 15.4 Å². The van der Waals surface area contributed by atoms with E-state index < -0.39 is 0 Å². The van der Waals surface area contributed by atoms with Gasteiger partial charge in [-0.1, -0.05) is 32.9 Å². The van der Waals surface area contributed by atoms with Gasteiger partial charge in [-0.25, -0.2) is 4.79 Å². The monoisotopic (exact) mass is 375 g/mol. The van der Waals surface area contributed by atoms with Crippen LogP contribution in [0.1, 0.15) is 31.9 Å². The van der Waals surface area contributed by atoms with Crippen molar-refractivity contribution in [2.45, 2.75) is 33.1 Å². The van der Waals surface area contributed by atoms with E-state index in [1.54, 1.807) is 12.4 Å². The van der Waals surface area contributed by atoms with Crippen molar-refractivity contribution in [3.05, 3.63) is 78.1 Å². The number of pyridine rings is 1. The first kappa shape index (κ1) is 19.4. The lowest BCUT2D eigenvalue weighted by Crippen LogP contribution is -2.20. The zero-order chi connectivity index (χ0) is 20.1. The van der Waals surface area contributed by atoms with E-state index in [2.05, 4.69) is 42.5 Å². The van der Waals surface area contributed by atoms with Crippen LogP contribution in [0.2, 0.25) is 0 Å². The lowest BCUT2D eigenvalue weighted by atomic mass is 9.87. The number of nitrogens with zero attached hydrogens (tertiary/aromatic N) is 1. The van der Waals surface area contributed by atoms with E-state index in [0.717, 1.165) is 22.6 Å². The molecule has 2 amide bonds. The van der Waals surface area contributed by atoms with Crippen LogP contribution in [-0.4, -0.2) is 11.0 Å². The van der Waals surface area contributed by atoms with Gasteiger partial charge in [0.25, 0.3) is 0 Å². The maximum Gasteiger partial charge on any atom is 0.323 e. The molecule has 2 N–H and O–H groups in total. The fourth-order valence-corrected chi connectivity index (χ4v) is 2.73. The highest BCUT2D eigenvalue weighted by atomic mass is 16.5. The van der Waals surface area contributed by atoms with Gasteiger partial charge in [-0.05, 0) is 65.9 Å². The molecule has 3 rings (SSSR count). The average molecular weight is 375 g/mol. The van der Waals surface area contributed by atoms with Crippen molar-refractivity contribution in [3.63, 3.8) is 0 Å². The normalized spacial score (nSPS) is 11.0. The van der Waals surface area contributed by atoms with Crippen LogP contribution >= 0.6 is 0 Å². The highest BCUT2D eigenvalue weighted by Crippen LogP contribution is 2.27. The molecule has 5 nitrogen and oxygen atoms in total. The second-order valence-corrected chi connectivity index (χ2v) is 7.68. The molecule has 1 heterocycles. The van der Waals surface area contributed by atoms with Crippen molar-refractivity contribution >= 4 is 17.4 Å². The Labute approximate surface area is 165 Å². The van der Waals surface area contributed by atoms with E-state index in [-0.39, 0.29) is 11.4 Å². The van der Waals surface area contributed by atoms with Crippen LogP contribution in [0.3, 0.4) is 0 Å². The molecule has 0 saturated heterocycles. The van der Waals surface area contributed by atoms with Gasteiger partial charge in [0.15, 0.2) is 0 Å². The Kier molecular flexibility index (Phi) is 5.64. The summed E-state index contributed by atoms with van der Waals surface area (Å²) in [6, 6.07) is 16.8. The first-order valence-electron chi connectivity index (χ1n) is 9.18. The molecule has 144 valence electrons. The Hall–Kier alpha value is -3.34. The summed E-state index contributed by atoms with van der Waals surface area (Å²) in [6.07, 6.45) is 3.35. The predicted octanol–water partition coefficient (Wildman–Crippen LogP) is 6.12. The summed E-state index contributed by atoms with van der Waals surface area (Å²) in [6.45, 7) is 8.36. The van der Waals surface area contributed by atoms with Crippen molar-refractivity contribution < 1.29 is 9.53 Å². The van der Waals surface area contributed by atoms with Crippen LogP contribution in [0, 0.1) is 6.92 Å². The van der Waals surface area contributed by atoms with Crippen molar-refractivity contribution in [2.24, 2.45) is 0 Å². The van der Waals surface area contributed by atoms with Crippen LogP contribution in [0.15, 0.2) is 67.0 Å². The molecule has 0 aliphatic rings. The maximum absolute atomic E-state index is 12.4. The van der Waals surface area contributed by atoms with Crippen molar-refractivity contribution in [3.8, 4) is 11.5 Å². The second kappa shape index (κ2) is 8.13. The molecule has 28 heavy (non-hydrogen) atoms. The minimum Gasteiger partial charge on any atom is -0.455 e. The predicted molar refractivity (Wildman–Crippen MR) is 113 cm³/mol. The first-order chi connectivity index (χ1) is 13.3. The van der Waals surface area contributed by atoms with Crippen LogP contribution < -0.4 is 15.4 Å². The van der Waals surface area contributed by atoms with E-state index >= 15 is 0 Å². The van der Waals surface area contributed by atoms with Gasteiger partial charge in [-0.2, -0.15) is 0 Å². The van der Waals surface area contributed by atoms with Crippen LogP contribution in [-0.2, 0) is 5.41 Å². The SMILES string of the molecule is Cc1cc(NC(=O)Nc2cccc(C(C)(C)C)c2)ccc1Oc1cccnc1. The first-order valence-corrected chi connectivity index (χ1v) is 9.18. The highest BCUT2D eigenvalue weighted by Gasteiger charge is 2.14. The van der Waals surface area contributed by atoms with E-state index in [1.165, 1.54) is 0 Å². The summed E-state index contributed by atoms with van der Waals surface area (Å²) in [5, 5.41) is 5.75. The molecule has 1 aromatic heterocycles. The molecule has 0 unspecified atom stereocenters. The standard InChI is InChI=1S/C23H25N3O2/c1-16-13-19(10-11-21(16)28-20-9-6-12-24-15-20)26-22(27)25-18-8-5-7-17(14-18)23(2,3)4/h5-15H,1-4H3,(H2,25,26,27). The van der Waals surface area contributed by atoms with E-state index in [0.29, 0.717) is 11.4 Å². The van der Waals surface area contributed by atoms with Gasteiger partial charge in [0, 0.05) is 17.6 Å². The number of aromatic nitrogens is 1. The highest BCUT2D eigenvalue weighted by molar-refractivity contribution is 5.99. The Balaban J connectivity index is 1.65. The molecule has 0 radical (unpaired) electrons. The van der Waals surface area contributed by atoms with Crippen molar-refractivity contribution in [1.82, 2.24) is 4.98 Å². The average Bonchev–Trinajstić information content (AvgIpc) is 2.64. The van der Waals surface area contributed by atoms with Gasteiger partial charge in [-0.15, -0.1) is 0 Å². The Morgan fingerprint density at radius 3 is 2.36 bits per heavy atom. The summed E-state index contributed by atoms with van der Waals surface area (Å²) in [7, 11) is 0. The summed E-state index contributed by atoms with van der Waals surface area (Å²) in [5.41, 5.74) is 3.56. The number of aryl methyl sites for hydroxylation is 1. The number of hydrogen-bond acceptors (Lipinski definition) is 3. The lowest BCUT2D eigenvalue weighted by Gasteiger charge is -2.20. The second-order valence-electron chi connectivity index (χ2n) is 7.68. The molecule has 2 aromatic carbocycles. The number of ether oxygens (including phenoxy) is 1. The molecular weight excluding hydrogens is 350 g/mol. The van der Waals surface area contributed by atoms with E-state index in [1.807, 2.05) is 55.5 Å². The summed E-state index contributed by atoms with van der Waals surface area (Å²) < 4.78 is 5.82. The minimum absolute atomic E-state index is 0.0232. The Bertz CT molecular complexity index is 963. The summed E-state index contributed by atoms with van der Waals surface area (Å²) in [5.74, 6) is 1.39. The number of amides is 2. The maximum atomic E-state index is 12.4. The van der Waals surface area contributed by atoms with E-state index in [4.69, 9.17) is 4.74 Å². The van der Waals surface area contributed by atoms with Gasteiger partial charge in [-0.3, -0.25) is 4.98 Å². The smallest absolute Gasteiger partial charge is 0.323 e. The van der Waals surface area contributed by atoms with Gasteiger partial charge in [0.05, 0.1) is 6.20 Å². The zero-order valence-corrected chi connectivity index (χ0v) is 16.6. The number of benzene rings is 2. The largest absolute Gasteiger partial charge is 0.455 e. The fourth-order valence-electron chi connectivity index (χ4n) is 2.73. The van der Waals surface area contributed by atoms with Crippen molar-refractivity contribution in [1.29, 1.82) is 0 Å². The number of rotatable bonds is 4. The molecule has 0 aliphatic carbocycles. The quantitative estimate of drug-likeness (QED) is 0.577. The molecule has 3 aromatic rings. The molecule has 0 saturated carbocycles. The molecule has 0 aliphatic heterocycles. The third-order valence-corrected chi connectivity index (χ3v) is 4.28. The molecule has 0 atom stereocenters. The third kappa shape index (κ3) is 5.10. The van der Waals surface area contributed by atoms with Gasteiger partial charge in [0.1, 0.15) is 11.5 Å². The number of anilines is 2. The zero-order valence-electron chi connectivity index (χ0n) is 16.6. The summed E-state index contributed by atoms with van der Waals surface area (Å²) >= 11 is 0. The number of urea groups is 1. The number of hydrogen-bond donors (Lipinski definition) is 2. The topological polar surface area (TPSA) is 63.2 Å². The molecular formula is C23H25N3O2. The number of nitrogens with one attached hydrogen (secondary N) is 2. The Morgan fingerprint density at radius 2 is 1.71 bits per heavy atom. The number of carbonyl (C=O) groups is 1. The fraction of sp³-hybridized carbons (Fsp3) is 0.217. The van der Waals surface area contributed by atoms with Crippen LogP contribution in [0.25, 0.3) is 0 Å². The molecule has 0 fully saturated rings. The van der Waals surface area contributed by atoms with Crippen LogP contribution in [0.4, 0.5) is 16.2 Å². The molecule has 5 heteroatoms. The summed E-state index contributed by atoms with van der Waals surface area (Å²) in [4.78, 5) is 16.4. The van der Waals surface area contributed by atoms with E-state index in [9.17, 15) is 4.79 Å². The molecule has 0 bridgehead atoms. The van der Waals surface area contributed by atoms with Gasteiger partial charge >= 0.3 is 6.03 Å². The minimum atomic E-state index is -0.286. The third-order valence-electron chi connectivity index (χ3n) is 4.28. The number of carbonyl (C=O) groups excluding carboxylic acids is 1. The molecule has 0 spiro atoms. The lowest BCUT2D eigenvalue weighted by molar-refractivity contribution is 0.262. The van der Waals surface area contributed by atoms with Gasteiger partial charge in [0.2, 0.25) is 0 Å². The van der Waals surface area contributed by atoms with Crippen molar-refractivity contribution in [2.75, 3.05) is 10.6 Å².